The average Bonchev–Trinajstić information content (AvgIpc) is 1.49. The Balaban J connectivity index is 0.000000912. The zero-order chi connectivity index (χ0) is 66.9. The van der Waals surface area contributed by atoms with Gasteiger partial charge in [0.2, 0.25) is 6.71 Å². The quantitative estimate of drug-likeness (QED) is 0.0485. The fraction of sp³-hybridized carbons (Fsp3) is 0.310. The van der Waals surface area contributed by atoms with E-state index in [1.165, 1.54) is 77.3 Å². The highest BCUT2D eigenvalue weighted by molar-refractivity contribution is 6.96. The topological polar surface area (TPSA) is 9.23 Å². The Bertz CT molecular complexity index is 3450. The monoisotopic (exact) mass is 1180 g/mol. The van der Waals surface area contributed by atoms with Crippen LogP contribution >= 0.6 is 0 Å². The van der Waals surface area contributed by atoms with Crippen LogP contribution in [0.2, 0.25) is 0 Å². The van der Waals surface area contributed by atoms with Crippen molar-refractivity contribution in [3.05, 3.63) is 282 Å². The van der Waals surface area contributed by atoms with Crippen molar-refractivity contribution < 1.29 is 4.74 Å². The second kappa shape index (κ2) is 44.3. The summed E-state index contributed by atoms with van der Waals surface area (Å²) in [5.74, 6) is 3.71. The van der Waals surface area contributed by atoms with Crippen molar-refractivity contribution >= 4 is 61.7 Å². The summed E-state index contributed by atoms with van der Waals surface area (Å²) in [6, 6.07) is 48.1. The van der Waals surface area contributed by atoms with Crippen LogP contribution in [0.1, 0.15) is 197 Å². The van der Waals surface area contributed by atoms with Gasteiger partial charge in [-0.1, -0.05) is 357 Å². The maximum absolute atomic E-state index is 6.11. The molecule has 9 rings (SSSR count). The highest BCUT2D eigenvalue weighted by atomic mass is 16.5. The lowest BCUT2D eigenvalue weighted by Gasteiger charge is -2.21. The molecule has 470 valence electrons. The van der Waals surface area contributed by atoms with Crippen molar-refractivity contribution in [2.75, 3.05) is 6.61 Å². The largest absolute Gasteiger partial charge is 0.488 e. The summed E-state index contributed by atoms with van der Waals surface area (Å²) < 4.78 is 6.11. The van der Waals surface area contributed by atoms with Crippen LogP contribution in [0.3, 0.4) is 0 Å². The van der Waals surface area contributed by atoms with Gasteiger partial charge in [0.25, 0.3) is 0 Å². The maximum Gasteiger partial charge on any atom is 0.241 e. The SMILES string of the molecule is C#C/C=C(\C=C1/CC(CCC=C)=CC1(C)C)c1ccc(B(c2ccc(C(=C)/C=C\C(C)=C/C)cc2)c2ccc(C3=CCCC=C3)c3ccccc23)cc1.C=C1/C=C\C(C)=C(\c2ccccc2C)COc2ccccc21.CC.CC.CC.CC.CC.CC.CC. The van der Waals surface area contributed by atoms with Crippen LogP contribution < -0.4 is 21.1 Å². The number of terminal acetylenes is 1. The van der Waals surface area contributed by atoms with E-state index in [4.69, 9.17) is 11.2 Å². The standard InChI is InChI=1S/C52H51B.C21H20O.7C2H6/c1-8-11-18-40-35-45(52(6,7)37-40)36-44(17-9-2)42-27-31-47(32-28-42)53(46-29-25-41(26-30-46)39(5)24-23-38(4)10-3)51-34-33-48(43-19-13-12-14-20-43)49-21-15-16-22-50(49)51;1-15-8-4-5-9-18(15)20-14-22-21-11-7-6-10-19(21)16(2)12-13-17(20)3;7*1-2/h2,8,10,13,15-17,19-34,36-37H,1,5,11-12,14,18,35H2,3-4,6-7H3;4-13H,2,14H2,1,3H3;7*1-2H3/b24-23-,38-10-,44-17+,45-36+;13-12-,20-17+;;;;;;;. The van der Waals surface area contributed by atoms with E-state index in [0.717, 1.165) is 71.3 Å². The van der Waals surface area contributed by atoms with Gasteiger partial charge in [-0.2, -0.15) is 0 Å². The van der Waals surface area contributed by atoms with Gasteiger partial charge in [0, 0.05) is 11.0 Å². The number of allylic oxidation sites excluding steroid dienone is 20. The number of aryl methyl sites for hydroxylation is 1. The number of hydrogen-bond donors (Lipinski definition) is 0. The van der Waals surface area contributed by atoms with Crippen LogP contribution in [0.4, 0.5) is 0 Å². The van der Waals surface area contributed by atoms with Gasteiger partial charge in [-0.05, 0) is 144 Å². The molecule has 3 aliphatic rings. The molecule has 0 saturated carbocycles. The molecule has 6 aromatic rings. The molecule has 0 radical (unpaired) electrons. The Morgan fingerprint density at radius 1 is 0.652 bits per heavy atom. The Morgan fingerprint density at radius 3 is 1.80 bits per heavy atom. The molecule has 0 unspecified atom stereocenters. The van der Waals surface area contributed by atoms with Gasteiger partial charge in [-0.15, -0.1) is 13.0 Å². The predicted molar refractivity (Wildman–Crippen MR) is 410 cm³/mol. The van der Waals surface area contributed by atoms with Gasteiger partial charge in [0.05, 0.1) is 0 Å². The fourth-order valence-electron chi connectivity index (χ4n) is 10.4. The molecule has 0 N–H and O–H groups in total. The average molecular weight is 1190 g/mol. The van der Waals surface area contributed by atoms with Crippen molar-refractivity contribution in [1.82, 2.24) is 0 Å². The summed E-state index contributed by atoms with van der Waals surface area (Å²) in [6.07, 6.45) is 37.3. The second-order valence-electron chi connectivity index (χ2n) is 20.5. The highest BCUT2D eigenvalue weighted by Crippen LogP contribution is 2.43. The lowest BCUT2D eigenvalue weighted by molar-refractivity contribution is 0.368. The number of rotatable bonds is 13. The number of para-hydroxylation sites is 1. The van der Waals surface area contributed by atoms with Crippen LogP contribution in [0.15, 0.2) is 248 Å². The molecule has 0 aromatic heterocycles. The molecule has 1 nitrogen and oxygen atoms in total. The van der Waals surface area contributed by atoms with E-state index in [9.17, 15) is 0 Å². The first-order chi connectivity index (χ1) is 43.4. The van der Waals surface area contributed by atoms with Gasteiger partial charge in [-0.25, -0.2) is 0 Å². The predicted octanol–water partition coefficient (Wildman–Crippen LogP) is 24.5. The minimum Gasteiger partial charge on any atom is -0.488 e. The third-order valence-electron chi connectivity index (χ3n) is 14.9. The molecule has 2 heteroatoms. The van der Waals surface area contributed by atoms with Crippen LogP contribution in [0.5, 0.6) is 5.75 Å². The van der Waals surface area contributed by atoms with Gasteiger partial charge in [0.15, 0.2) is 0 Å². The Labute approximate surface area is 545 Å². The smallest absolute Gasteiger partial charge is 0.241 e. The van der Waals surface area contributed by atoms with E-state index in [2.05, 4.69) is 243 Å². The maximum atomic E-state index is 6.11. The fourth-order valence-corrected chi connectivity index (χ4v) is 10.4. The van der Waals surface area contributed by atoms with Crippen molar-refractivity contribution in [2.24, 2.45) is 5.41 Å². The number of ether oxygens (including phenoxy) is 1. The first-order valence-electron chi connectivity index (χ1n) is 33.5. The summed E-state index contributed by atoms with van der Waals surface area (Å²) in [6.45, 7) is 54.1. The molecule has 0 amide bonds. The van der Waals surface area contributed by atoms with Crippen molar-refractivity contribution in [3.8, 4) is 18.1 Å². The molecular weight excluding hydrogens is 1070 g/mol. The van der Waals surface area contributed by atoms with Gasteiger partial charge in [-0.3, -0.25) is 0 Å². The summed E-state index contributed by atoms with van der Waals surface area (Å²) in [4.78, 5) is 0. The molecule has 1 aliphatic heterocycles. The summed E-state index contributed by atoms with van der Waals surface area (Å²) in [5.41, 5.74) is 21.7. The molecule has 0 saturated heterocycles. The molecule has 0 atom stereocenters. The Kier molecular flexibility index (Phi) is 39.3. The minimum atomic E-state index is -0.00923. The zero-order valence-electron chi connectivity index (χ0n) is 59.1. The molecular formula is C87H113BO. The van der Waals surface area contributed by atoms with E-state index in [-0.39, 0.29) is 12.1 Å². The molecule has 0 bridgehead atoms. The first kappa shape index (κ1) is 78.9. The third kappa shape index (κ3) is 23.1. The zero-order valence-corrected chi connectivity index (χ0v) is 59.1. The van der Waals surface area contributed by atoms with E-state index in [1.807, 2.05) is 127 Å². The Hall–Kier alpha value is -8.12. The van der Waals surface area contributed by atoms with Crippen molar-refractivity contribution in [2.45, 2.75) is 171 Å². The van der Waals surface area contributed by atoms with Gasteiger partial charge in [0.1, 0.15) is 12.4 Å². The number of fused-ring (bicyclic) bond motifs is 2. The van der Waals surface area contributed by atoms with Crippen molar-refractivity contribution in [3.63, 3.8) is 0 Å². The highest BCUT2D eigenvalue weighted by Gasteiger charge is 2.29. The van der Waals surface area contributed by atoms with Crippen LogP contribution in [0.25, 0.3) is 38.6 Å². The molecule has 0 spiro atoms. The number of benzene rings is 6. The van der Waals surface area contributed by atoms with E-state index in [1.54, 1.807) is 0 Å². The van der Waals surface area contributed by atoms with Gasteiger partial charge < -0.3 is 4.74 Å². The minimum absolute atomic E-state index is 0.00923. The molecule has 1 heterocycles. The molecule has 0 fully saturated rings. The Morgan fingerprint density at radius 2 is 1.22 bits per heavy atom. The van der Waals surface area contributed by atoms with Crippen LogP contribution in [0, 0.1) is 24.7 Å². The molecule has 2 aliphatic carbocycles. The lowest BCUT2D eigenvalue weighted by atomic mass is 9.36. The van der Waals surface area contributed by atoms with Crippen molar-refractivity contribution in [1.29, 1.82) is 0 Å². The summed E-state index contributed by atoms with van der Waals surface area (Å²) in [7, 11) is 0. The van der Waals surface area contributed by atoms with Crippen LogP contribution in [-0.4, -0.2) is 13.3 Å². The lowest BCUT2D eigenvalue weighted by Crippen LogP contribution is -2.52. The number of hydrogen-bond acceptors (Lipinski definition) is 1. The summed E-state index contributed by atoms with van der Waals surface area (Å²) in [5, 5.41) is 2.56. The first-order valence-corrected chi connectivity index (χ1v) is 33.5. The molecule has 6 aromatic carbocycles. The third-order valence-corrected chi connectivity index (χ3v) is 14.9. The van der Waals surface area contributed by atoms with E-state index < -0.39 is 0 Å². The van der Waals surface area contributed by atoms with E-state index in [0.29, 0.717) is 6.61 Å². The van der Waals surface area contributed by atoms with Crippen LogP contribution in [-0.2, 0) is 0 Å². The second-order valence-corrected chi connectivity index (χ2v) is 20.5. The molecule has 89 heavy (non-hydrogen) atoms. The summed E-state index contributed by atoms with van der Waals surface area (Å²) >= 11 is 0. The van der Waals surface area contributed by atoms with E-state index >= 15 is 0 Å². The van der Waals surface area contributed by atoms with Gasteiger partial charge >= 0.3 is 0 Å². The normalized spacial score (nSPS) is 15.1.